The van der Waals surface area contributed by atoms with E-state index >= 15 is 0 Å². The summed E-state index contributed by atoms with van der Waals surface area (Å²) in [5.41, 5.74) is 2.47. The average Bonchev–Trinajstić information content (AvgIpc) is 2.87. The third kappa shape index (κ3) is 2.78. The zero-order valence-electron chi connectivity index (χ0n) is 12.3. The highest BCUT2D eigenvalue weighted by Crippen LogP contribution is 2.31. The summed E-state index contributed by atoms with van der Waals surface area (Å²) in [5, 5.41) is 9.12. The first-order valence-corrected chi connectivity index (χ1v) is 8.17. The number of nitrogens with zero attached hydrogens (tertiary/aromatic N) is 3. The van der Waals surface area contributed by atoms with Gasteiger partial charge in [-0.05, 0) is 37.8 Å². The Hall–Kier alpha value is -1.53. The molecule has 0 bridgehead atoms. The minimum atomic E-state index is -0.146. The molecule has 0 N–H and O–H groups in total. The fourth-order valence-electron chi connectivity index (χ4n) is 3.38. The third-order valence-corrected chi connectivity index (χ3v) is 4.65. The lowest BCUT2D eigenvalue weighted by molar-refractivity contribution is 0.319. The maximum Gasteiger partial charge on any atom is 0.127 e. The Morgan fingerprint density at radius 1 is 1.38 bits per heavy atom. The van der Waals surface area contributed by atoms with Crippen LogP contribution in [0.15, 0.2) is 18.2 Å². The molecule has 1 aromatic carbocycles. The molecule has 4 heteroatoms. The molecule has 1 atom stereocenters. The molecule has 2 aromatic rings. The van der Waals surface area contributed by atoms with E-state index in [-0.39, 0.29) is 5.38 Å². The van der Waals surface area contributed by atoms with E-state index < -0.39 is 0 Å². The first-order chi connectivity index (χ1) is 10.2. The minimum Gasteiger partial charge on any atom is -0.326 e. The van der Waals surface area contributed by atoms with Gasteiger partial charge in [0.2, 0.25) is 0 Å². The molecule has 1 unspecified atom stereocenters. The van der Waals surface area contributed by atoms with Gasteiger partial charge in [-0.2, -0.15) is 5.26 Å². The number of hydrogen-bond donors (Lipinski definition) is 0. The van der Waals surface area contributed by atoms with Crippen LogP contribution in [0.3, 0.4) is 0 Å². The number of halogens is 1. The lowest BCUT2D eigenvalue weighted by Crippen LogP contribution is -2.16. The van der Waals surface area contributed by atoms with Gasteiger partial charge in [-0.25, -0.2) is 4.98 Å². The maximum atomic E-state index is 9.26. The van der Waals surface area contributed by atoms with Crippen molar-refractivity contribution in [3.05, 3.63) is 29.6 Å². The summed E-state index contributed by atoms with van der Waals surface area (Å²) in [6.45, 7) is 2.92. The molecule has 21 heavy (non-hydrogen) atoms. The van der Waals surface area contributed by atoms with Gasteiger partial charge < -0.3 is 4.57 Å². The van der Waals surface area contributed by atoms with Crippen LogP contribution < -0.4 is 0 Å². The van der Waals surface area contributed by atoms with Gasteiger partial charge in [0.15, 0.2) is 0 Å². The smallest absolute Gasteiger partial charge is 0.127 e. The van der Waals surface area contributed by atoms with Crippen molar-refractivity contribution < 1.29 is 0 Å². The molecular weight excluding hydrogens is 282 g/mol. The Bertz CT molecular complexity index is 675. The molecule has 0 aliphatic heterocycles. The van der Waals surface area contributed by atoms with E-state index in [0.29, 0.717) is 11.5 Å². The van der Waals surface area contributed by atoms with Crippen molar-refractivity contribution in [2.24, 2.45) is 5.92 Å². The molecule has 1 aliphatic rings. The number of aromatic nitrogens is 2. The molecule has 1 aromatic heterocycles. The average molecular weight is 302 g/mol. The summed E-state index contributed by atoms with van der Waals surface area (Å²) in [6, 6.07) is 8.04. The maximum absolute atomic E-state index is 9.26. The van der Waals surface area contributed by atoms with Crippen LogP contribution in [-0.4, -0.2) is 9.55 Å². The summed E-state index contributed by atoms with van der Waals surface area (Å²) in [7, 11) is 0. The van der Waals surface area contributed by atoms with Crippen molar-refractivity contribution in [1.82, 2.24) is 9.55 Å². The van der Waals surface area contributed by atoms with Gasteiger partial charge in [-0.1, -0.05) is 25.3 Å². The lowest BCUT2D eigenvalue weighted by atomic mass is 9.89. The predicted molar refractivity (Wildman–Crippen MR) is 85.3 cm³/mol. The topological polar surface area (TPSA) is 41.6 Å². The highest BCUT2D eigenvalue weighted by Gasteiger charge is 2.21. The lowest BCUT2D eigenvalue weighted by Gasteiger charge is -2.23. The van der Waals surface area contributed by atoms with Gasteiger partial charge in [-0.15, -0.1) is 11.6 Å². The van der Waals surface area contributed by atoms with Crippen molar-refractivity contribution in [3.63, 3.8) is 0 Å². The summed E-state index contributed by atoms with van der Waals surface area (Å²) in [4.78, 5) is 4.66. The summed E-state index contributed by atoms with van der Waals surface area (Å²) in [6.07, 6.45) is 6.58. The molecule has 0 radical (unpaired) electrons. The molecule has 1 aliphatic carbocycles. The molecule has 110 valence electrons. The van der Waals surface area contributed by atoms with Crippen LogP contribution in [0.25, 0.3) is 11.0 Å². The number of benzene rings is 1. The zero-order chi connectivity index (χ0) is 14.8. The first-order valence-electron chi connectivity index (χ1n) is 7.74. The van der Waals surface area contributed by atoms with E-state index in [0.717, 1.165) is 23.4 Å². The van der Waals surface area contributed by atoms with Gasteiger partial charge >= 0.3 is 0 Å². The van der Waals surface area contributed by atoms with Crippen molar-refractivity contribution in [3.8, 4) is 6.07 Å². The Kier molecular flexibility index (Phi) is 4.17. The Morgan fingerprint density at radius 2 is 2.14 bits per heavy atom. The van der Waals surface area contributed by atoms with Gasteiger partial charge in [-0.3, -0.25) is 0 Å². The number of hydrogen-bond acceptors (Lipinski definition) is 2. The van der Waals surface area contributed by atoms with E-state index in [1.54, 1.807) is 0 Å². The molecule has 3 nitrogen and oxygen atoms in total. The fraction of sp³-hybridized carbons (Fsp3) is 0.529. The molecule has 1 fully saturated rings. The third-order valence-electron chi connectivity index (χ3n) is 4.45. The monoisotopic (exact) mass is 301 g/mol. The Labute approximate surface area is 130 Å². The van der Waals surface area contributed by atoms with Crippen LogP contribution in [0.2, 0.25) is 0 Å². The van der Waals surface area contributed by atoms with E-state index in [2.05, 4.69) is 21.7 Å². The van der Waals surface area contributed by atoms with Crippen LogP contribution in [0, 0.1) is 17.2 Å². The summed E-state index contributed by atoms with van der Waals surface area (Å²) in [5.74, 6) is 1.59. The van der Waals surface area contributed by atoms with Gasteiger partial charge in [0, 0.05) is 6.54 Å². The highest BCUT2D eigenvalue weighted by atomic mass is 35.5. The number of nitriles is 1. The van der Waals surface area contributed by atoms with Gasteiger partial charge in [0.25, 0.3) is 0 Å². The van der Waals surface area contributed by atoms with Crippen molar-refractivity contribution in [1.29, 1.82) is 5.26 Å². The zero-order valence-corrected chi connectivity index (χ0v) is 13.1. The predicted octanol–water partition coefficient (Wildman–Crippen LogP) is 4.79. The number of imidazole rings is 1. The van der Waals surface area contributed by atoms with Gasteiger partial charge in [0.1, 0.15) is 17.4 Å². The van der Waals surface area contributed by atoms with Crippen LogP contribution in [0.4, 0.5) is 0 Å². The van der Waals surface area contributed by atoms with E-state index in [9.17, 15) is 5.26 Å². The quantitative estimate of drug-likeness (QED) is 0.765. The normalized spacial score (nSPS) is 17.8. The first kappa shape index (κ1) is 14.4. The number of rotatable bonds is 3. The fourth-order valence-corrected chi connectivity index (χ4v) is 3.55. The standard InChI is InChI=1S/C17H20ClN3/c1-12(18)17-20-16-14(10-19)8-5-9-15(16)21(17)11-13-6-3-2-4-7-13/h5,8-9,12-13H,2-4,6-7,11H2,1H3. The largest absolute Gasteiger partial charge is 0.326 e. The molecule has 1 heterocycles. The molecular formula is C17H20ClN3. The summed E-state index contributed by atoms with van der Waals surface area (Å²) < 4.78 is 2.24. The second kappa shape index (κ2) is 6.07. The van der Waals surface area contributed by atoms with E-state index in [1.807, 2.05) is 19.1 Å². The molecule has 0 spiro atoms. The van der Waals surface area contributed by atoms with Crippen LogP contribution in [-0.2, 0) is 6.54 Å². The van der Waals surface area contributed by atoms with Crippen molar-refractivity contribution in [2.45, 2.75) is 50.9 Å². The molecule has 0 saturated heterocycles. The number of para-hydroxylation sites is 1. The number of alkyl halides is 1. The van der Waals surface area contributed by atoms with E-state index in [1.165, 1.54) is 32.1 Å². The van der Waals surface area contributed by atoms with Crippen molar-refractivity contribution >= 4 is 22.6 Å². The van der Waals surface area contributed by atoms with Crippen LogP contribution in [0.5, 0.6) is 0 Å². The van der Waals surface area contributed by atoms with Crippen LogP contribution >= 0.6 is 11.6 Å². The molecule has 1 saturated carbocycles. The molecule has 3 rings (SSSR count). The second-order valence-electron chi connectivity index (χ2n) is 5.99. The van der Waals surface area contributed by atoms with Crippen LogP contribution in [0.1, 0.15) is 55.8 Å². The second-order valence-corrected chi connectivity index (χ2v) is 6.64. The van der Waals surface area contributed by atoms with Gasteiger partial charge in [0.05, 0.1) is 16.5 Å². The Balaban J connectivity index is 2.06. The minimum absolute atomic E-state index is 0.146. The summed E-state index contributed by atoms with van der Waals surface area (Å²) >= 11 is 6.33. The van der Waals surface area contributed by atoms with Crippen molar-refractivity contribution in [2.75, 3.05) is 0 Å². The van der Waals surface area contributed by atoms with E-state index in [4.69, 9.17) is 11.6 Å². The highest BCUT2D eigenvalue weighted by molar-refractivity contribution is 6.20. The Morgan fingerprint density at radius 3 is 2.81 bits per heavy atom. The SMILES string of the molecule is CC(Cl)c1nc2c(C#N)cccc2n1CC1CCCCC1. The number of fused-ring (bicyclic) bond motifs is 1. The molecule has 0 amide bonds.